The van der Waals surface area contributed by atoms with Crippen LogP contribution in [0.15, 0.2) is 109 Å². The summed E-state index contributed by atoms with van der Waals surface area (Å²) in [4.78, 5) is 20.7. The third-order valence-electron chi connectivity index (χ3n) is 7.73. The normalized spacial score (nSPS) is 31.5. The summed E-state index contributed by atoms with van der Waals surface area (Å²) in [6.45, 7) is 2.16. The van der Waals surface area contributed by atoms with E-state index < -0.39 is 22.9 Å². The van der Waals surface area contributed by atoms with Gasteiger partial charge in [0.2, 0.25) is 0 Å². The molecule has 172 valence electrons. The van der Waals surface area contributed by atoms with Crippen molar-refractivity contribution in [3.8, 4) is 0 Å². The monoisotopic (exact) mass is 460 g/mol. The molecule has 35 heavy (non-hydrogen) atoms. The van der Waals surface area contributed by atoms with Gasteiger partial charge in [-0.2, -0.15) is 0 Å². The summed E-state index contributed by atoms with van der Waals surface area (Å²) in [5.41, 5.74) is 2.12. The van der Waals surface area contributed by atoms with Gasteiger partial charge in [0, 0.05) is 17.3 Å². The second-order valence-electron chi connectivity index (χ2n) is 9.21. The lowest BCUT2D eigenvalue weighted by Gasteiger charge is -2.36. The number of aromatic nitrogens is 1. The average molecular weight is 461 g/mol. The molecule has 5 atom stereocenters. The molecular formula is C30H24N2O3. The number of benzene rings is 3. The van der Waals surface area contributed by atoms with Crippen LogP contribution in [-0.2, 0) is 31.1 Å². The van der Waals surface area contributed by atoms with Crippen molar-refractivity contribution in [1.82, 2.24) is 9.88 Å². The standard InChI is InChI=1S/C30H24N2O3/c1-2-34-27(33)26-28(25-19-11-12-20-31-25)29(21-13-5-3-6-14-21)23-17-9-10-18-24(23)30(35-29,32(26)28)22-15-7-4-8-16-22/h3-20,26H,2H2,1H3/t26-,28+,29?,30?,32?/m1/s1. The third kappa shape index (κ3) is 2.25. The number of hydrogen-bond acceptors (Lipinski definition) is 5. The molecule has 5 heteroatoms. The Bertz CT molecular complexity index is 1430. The van der Waals surface area contributed by atoms with E-state index in [0.717, 1.165) is 27.9 Å². The minimum atomic E-state index is -0.956. The van der Waals surface area contributed by atoms with E-state index in [0.29, 0.717) is 6.61 Å². The van der Waals surface area contributed by atoms with E-state index in [-0.39, 0.29) is 5.97 Å². The van der Waals surface area contributed by atoms with Crippen LogP contribution in [0.4, 0.5) is 0 Å². The van der Waals surface area contributed by atoms with Gasteiger partial charge in [0.1, 0.15) is 17.2 Å². The molecule has 3 aromatic carbocycles. The first-order valence-electron chi connectivity index (χ1n) is 12.0. The van der Waals surface area contributed by atoms with Crippen LogP contribution in [0.1, 0.15) is 34.9 Å². The summed E-state index contributed by atoms with van der Waals surface area (Å²) in [6, 6.07) is 34.1. The Kier molecular flexibility index (Phi) is 4.17. The van der Waals surface area contributed by atoms with E-state index in [9.17, 15) is 4.79 Å². The molecule has 7 rings (SSSR count). The Morgan fingerprint density at radius 2 is 1.49 bits per heavy atom. The zero-order chi connectivity index (χ0) is 23.7. The van der Waals surface area contributed by atoms with Gasteiger partial charge in [0.25, 0.3) is 0 Å². The molecule has 2 saturated heterocycles. The zero-order valence-corrected chi connectivity index (χ0v) is 19.3. The van der Waals surface area contributed by atoms with Gasteiger partial charge in [-0.3, -0.25) is 9.78 Å². The maximum atomic E-state index is 13.7. The molecule has 4 aromatic rings. The molecular weight excluding hydrogens is 436 g/mol. The Balaban J connectivity index is 1.63. The molecule has 3 aliphatic heterocycles. The molecule has 0 N–H and O–H groups in total. The fourth-order valence-corrected chi connectivity index (χ4v) is 6.62. The topological polar surface area (TPSA) is 51.4 Å². The Morgan fingerprint density at radius 1 is 0.857 bits per heavy atom. The molecule has 2 fully saturated rings. The highest BCUT2D eigenvalue weighted by molar-refractivity contribution is 5.87. The highest BCUT2D eigenvalue weighted by atomic mass is 16.6. The van der Waals surface area contributed by atoms with Crippen LogP contribution in [0.25, 0.3) is 0 Å². The molecule has 0 saturated carbocycles. The van der Waals surface area contributed by atoms with Crippen molar-refractivity contribution in [1.29, 1.82) is 0 Å². The number of ether oxygens (including phenoxy) is 2. The van der Waals surface area contributed by atoms with Crippen LogP contribution in [0.5, 0.6) is 0 Å². The van der Waals surface area contributed by atoms with Crippen molar-refractivity contribution in [2.45, 2.75) is 29.8 Å². The fourth-order valence-electron chi connectivity index (χ4n) is 6.62. The number of hydrogen-bond donors (Lipinski definition) is 0. The zero-order valence-electron chi connectivity index (χ0n) is 19.3. The first-order chi connectivity index (χ1) is 17.2. The Labute approximate surface area is 204 Å². The van der Waals surface area contributed by atoms with Gasteiger partial charge in [-0.15, -0.1) is 0 Å². The average Bonchev–Trinajstić information content (AvgIpc) is 3.46. The summed E-state index contributed by atoms with van der Waals surface area (Å²) in [5, 5.41) is 0. The minimum Gasteiger partial charge on any atom is -0.465 e. The van der Waals surface area contributed by atoms with E-state index in [4.69, 9.17) is 14.5 Å². The molecule has 0 amide bonds. The summed E-state index contributed by atoms with van der Waals surface area (Å²) < 4.78 is 13.0. The highest BCUT2D eigenvalue weighted by Crippen LogP contribution is 2.80. The fraction of sp³-hybridized carbons (Fsp3) is 0.200. The van der Waals surface area contributed by atoms with Crippen molar-refractivity contribution in [2.75, 3.05) is 6.61 Å². The van der Waals surface area contributed by atoms with Gasteiger partial charge >= 0.3 is 5.97 Å². The maximum absolute atomic E-state index is 13.7. The Hall–Kier alpha value is -3.80. The van der Waals surface area contributed by atoms with Crippen LogP contribution < -0.4 is 0 Å². The van der Waals surface area contributed by atoms with Gasteiger partial charge in [0.15, 0.2) is 5.72 Å². The Morgan fingerprint density at radius 3 is 2.14 bits per heavy atom. The van der Waals surface area contributed by atoms with Crippen LogP contribution in [-0.4, -0.2) is 28.5 Å². The van der Waals surface area contributed by atoms with Crippen molar-refractivity contribution in [2.24, 2.45) is 0 Å². The SMILES string of the molecule is CCOC(=O)[C@H]1N2C3(c4ccccc4)OC(c4ccccc4)(c4ccccc43)[C@]12c1ccccn1. The van der Waals surface area contributed by atoms with Crippen molar-refractivity contribution >= 4 is 5.97 Å². The molecule has 5 nitrogen and oxygen atoms in total. The first-order valence-corrected chi connectivity index (χ1v) is 12.0. The molecule has 3 unspecified atom stereocenters. The minimum absolute atomic E-state index is 0.255. The quantitative estimate of drug-likeness (QED) is 0.319. The van der Waals surface area contributed by atoms with Crippen LogP contribution >= 0.6 is 0 Å². The lowest BCUT2D eigenvalue weighted by molar-refractivity contribution is -0.152. The molecule has 4 heterocycles. The van der Waals surface area contributed by atoms with Gasteiger partial charge in [0.05, 0.1) is 12.3 Å². The lowest BCUT2D eigenvalue weighted by Crippen LogP contribution is -2.44. The number of pyridine rings is 1. The molecule has 2 bridgehead atoms. The van der Waals surface area contributed by atoms with Gasteiger partial charge < -0.3 is 9.47 Å². The molecule has 0 spiro atoms. The molecule has 1 aromatic heterocycles. The first kappa shape index (κ1) is 20.6. The molecule has 3 aliphatic rings. The maximum Gasteiger partial charge on any atom is 0.326 e. The third-order valence-corrected chi connectivity index (χ3v) is 7.73. The van der Waals surface area contributed by atoms with Crippen LogP contribution in [0.2, 0.25) is 0 Å². The summed E-state index contributed by atoms with van der Waals surface area (Å²) >= 11 is 0. The van der Waals surface area contributed by atoms with E-state index in [1.165, 1.54) is 0 Å². The summed E-state index contributed by atoms with van der Waals surface area (Å²) in [5.74, 6) is -0.255. The van der Waals surface area contributed by atoms with E-state index >= 15 is 0 Å². The van der Waals surface area contributed by atoms with Crippen LogP contribution in [0, 0.1) is 0 Å². The van der Waals surface area contributed by atoms with Gasteiger partial charge in [-0.25, -0.2) is 4.90 Å². The van der Waals surface area contributed by atoms with E-state index in [2.05, 4.69) is 41.3 Å². The van der Waals surface area contributed by atoms with E-state index in [1.807, 2.05) is 73.7 Å². The number of carbonyl (C=O) groups excluding carboxylic acids is 1. The molecule has 0 aliphatic carbocycles. The number of esters is 1. The number of rotatable bonds is 5. The largest absolute Gasteiger partial charge is 0.465 e. The van der Waals surface area contributed by atoms with Crippen LogP contribution in [0.3, 0.4) is 0 Å². The van der Waals surface area contributed by atoms with Crippen molar-refractivity contribution < 1.29 is 14.3 Å². The lowest BCUT2D eigenvalue weighted by atomic mass is 9.70. The second-order valence-corrected chi connectivity index (χ2v) is 9.21. The van der Waals surface area contributed by atoms with Crippen molar-refractivity contribution in [3.63, 3.8) is 0 Å². The number of fused-ring (bicyclic) bond motifs is 8. The van der Waals surface area contributed by atoms with E-state index in [1.54, 1.807) is 6.20 Å². The molecule has 0 radical (unpaired) electrons. The van der Waals surface area contributed by atoms with Crippen molar-refractivity contribution in [3.05, 3.63) is 137 Å². The second kappa shape index (κ2) is 7.11. The van der Waals surface area contributed by atoms with Gasteiger partial charge in [-0.1, -0.05) is 91.0 Å². The number of carbonyl (C=O) groups is 1. The summed E-state index contributed by atoms with van der Waals surface area (Å²) in [6.07, 6.45) is 1.79. The summed E-state index contributed by atoms with van der Waals surface area (Å²) in [7, 11) is 0. The number of nitrogens with zero attached hydrogens (tertiary/aromatic N) is 2. The smallest absolute Gasteiger partial charge is 0.326 e. The highest BCUT2D eigenvalue weighted by Gasteiger charge is 2.93. The predicted molar refractivity (Wildman–Crippen MR) is 130 cm³/mol. The predicted octanol–water partition coefficient (Wildman–Crippen LogP) is 4.71. The van der Waals surface area contributed by atoms with Gasteiger partial charge in [-0.05, 0) is 30.2 Å².